The van der Waals surface area contributed by atoms with Gasteiger partial charge >= 0.3 is 0 Å². The number of allylic oxidation sites excluding steroid dienone is 1. The van der Waals surface area contributed by atoms with Crippen molar-refractivity contribution >= 4 is 11.8 Å². The topological polar surface area (TPSA) is 66.2 Å². The summed E-state index contributed by atoms with van der Waals surface area (Å²) >= 11 is 0. The Bertz CT molecular complexity index is 2100. The maximum atomic E-state index is 5.16. The van der Waals surface area contributed by atoms with Crippen LogP contribution in [-0.4, -0.2) is 47.5 Å². The average molecular weight is 839 g/mol. The lowest BCUT2D eigenvalue weighted by molar-refractivity contribution is 0.324. The van der Waals surface area contributed by atoms with Crippen molar-refractivity contribution in [1.82, 2.24) is 4.98 Å². The van der Waals surface area contributed by atoms with Crippen LogP contribution in [0.5, 0.6) is 23.0 Å². The van der Waals surface area contributed by atoms with E-state index in [2.05, 4.69) is 105 Å². The van der Waals surface area contributed by atoms with Gasteiger partial charge in [-0.25, -0.2) is 0 Å². The second-order valence-electron chi connectivity index (χ2n) is 14.3. The van der Waals surface area contributed by atoms with Gasteiger partial charge in [0.05, 0.1) is 34.7 Å². The summed E-state index contributed by atoms with van der Waals surface area (Å²) in [5.74, 6) is 3.91. The maximum Gasteiger partial charge on any atom is 0.203 e. The summed E-state index contributed by atoms with van der Waals surface area (Å²) < 4.78 is 25.3. The fraction of sp³-hybridized carbons (Fsp3) is 0.255. The number of aromatic nitrogens is 1. The Hall–Kier alpha value is -6.73. The first-order chi connectivity index (χ1) is 29.8. The molecular weight excluding hydrogens is 769 g/mol. The highest BCUT2D eigenvalue weighted by Crippen LogP contribution is 2.37. The molecule has 0 aliphatic rings. The van der Waals surface area contributed by atoms with Gasteiger partial charge in [-0.3, -0.25) is 4.98 Å². The SMILES string of the molecule is C/C=C/c1ccncc1.COc1cc(C)cc(OC)c1OC.COc1ccc(C)cc1.Cc1ccc(C)cc1.Cc1ccc(N(C)C)cc1.Cc1ccccc1.Cc1ccco1. The highest BCUT2D eigenvalue weighted by atomic mass is 16.5. The average Bonchev–Trinajstić information content (AvgIpc) is 3.77. The number of benzene rings is 5. The number of hydrogen-bond donors (Lipinski definition) is 0. The Labute approximate surface area is 373 Å². The molecule has 0 radical (unpaired) electrons. The van der Waals surface area contributed by atoms with E-state index in [1.807, 2.05) is 126 Å². The lowest BCUT2D eigenvalue weighted by atomic mass is 10.2. The summed E-state index contributed by atoms with van der Waals surface area (Å²) in [5.41, 5.74) is 10.1. The molecule has 0 fully saturated rings. The Morgan fingerprint density at radius 3 is 1.26 bits per heavy atom. The van der Waals surface area contributed by atoms with E-state index in [4.69, 9.17) is 23.4 Å². The Balaban J connectivity index is 0.000000366. The number of methoxy groups -OCH3 is 4. The molecule has 0 aliphatic heterocycles. The van der Waals surface area contributed by atoms with Crippen LogP contribution >= 0.6 is 0 Å². The van der Waals surface area contributed by atoms with Crippen molar-refractivity contribution in [1.29, 1.82) is 0 Å². The summed E-state index contributed by atoms with van der Waals surface area (Å²) in [4.78, 5) is 5.99. The van der Waals surface area contributed by atoms with Gasteiger partial charge in [0, 0.05) is 32.2 Å². The number of anilines is 1. The quantitative estimate of drug-likeness (QED) is 0.165. The van der Waals surface area contributed by atoms with Crippen LogP contribution < -0.4 is 23.8 Å². The number of nitrogens with zero attached hydrogens (tertiary/aromatic N) is 2. The minimum Gasteiger partial charge on any atom is -0.497 e. The number of aryl methyl sites for hydroxylation is 7. The molecule has 7 rings (SSSR count). The number of hydrogen-bond acceptors (Lipinski definition) is 7. The molecule has 62 heavy (non-hydrogen) atoms. The van der Waals surface area contributed by atoms with Gasteiger partial charge < -0.3 is 28.3 Å². The smallest absolute Gasteiger partial charge is 0.203 e. The zero-order chi connectivity index (χ0) is 46.1. The van der Waals surface area contributed by atoms with E-state index in [1.54, 1.807) is 47.1 Å². The molecule has 7 nitrogen and oxygen atoms in total. The minimum absolute atomic E-state index is 0.635. The van der Waals surface area contributed by atoms with Gasteiger partial charge in [0.2, 0.25) is 5.75 Å². The Morgan fingerprint density at radius 1 is 0.484 bits per heavy atom. The molecule has 0 aliphatic carbocycles. The third-order valence-electron chi connectivity index (χ3n) is 8.50. The Morgan fingerprint density at radius 2 is 0.935 bits per heavy atom. The van der Waals surface area contributed by atoms with Crippen LogP contribution in [-0.2, 0) is 0 Å². The second kappa shape index (κ2) is 32.1. The van der Waals surface area contributed by atoms with Gasteiger partial charge in [-0.2, -0.15) is 0 Å². The number of ether oxygens (including phenoxy) is 4. The van der Waals surface area contributed by atoms with E-state index in [0.717, 1.165) is 17.1 Å². The zero-order valence-electron chi connectivity index (χ0n) is 39.6. The molecule has 0 bridgehead atoms. The van der Waals surface area contributed by atoms with Gasteiger partial charge in [-0.15, -0.1) is 0 Å². The van der Waals surface area contributed by atoms with Crippen LogP contribution in [0.25, 0.3) is 6.08 Å². The first-order valence-corrected chi connectivity index (χ1v) is 20.5. The monoisotopic (exact) mass is 839 g/mol. The van der Waals surface area contributed by atoms with Crippen molar-refractivity contribution in [2.24, 2.45) is 0 Å². The summed E-state index contributed by atoms with van der Waals surface area (Å²) in [6, 6.07) is 46.7. The first-order valence-electron chi connectivity index (χ1n) is 20.5. The van der Waals surface area contributed by atoms with Gasteiger partial charge in [0.1, 0.15) is 11.5 Å². The molecule has 0 N–H and O–H groups in total. The van der Waals surface area contributed by atoms with Gasteiger partial charge in [0.15, 0.2) is 11.5 Å². The standard InChI is InChI=1S/C10H14O3.C9H13N.C8H9N.C8H10O.C8H10.C7H8.C5H6O/c1-7-5-8(11-2)10(13-4)9(6-7)12-3;1-8-4-6-9(7-5-8)10(2)3;1-2-3-8-4-6-9-7-5-8;1-7-3-5-8(9-2)6-4-7;1-7-3-5-8(2)6-4-7;1-7-5-3-2-4-6-7;1-5-3-2-4-6-5/h5-6H,1-4H3;4-7H,1-3H3;2-7H,1H3;3-6H,1-2H3;3-6H,1-2H3;2-6H,1H3;2-4H,1H3/b;;3-2+;;;;. The van der Waals surface area contributed by atoms with Crippen LogP contribution in [0.4, 0.5) is 5.69 Å². The molecule has 0 spiro atoms. The van der Waals surface area contributed by atoms with Crippen LogP contribution in [0.2, 0.25) is 0 Å². The van der Waals surface area contributed by atoms with Crippen molar-refractivity contribution in [2.75, 3.05) is 47.4 Å². The molecule has 2 heterocycles. The molecule has 0 saturated heterocycles. The molecule has 0 amide bonds. The lowest BCUT2D eigenvalue weighted by Gasteiger charge is -2.12. The molecule has 5 aromatic carbocycles. The van der Waals surface area contributed by atoms with E-state index < -0.39 is 0 Å². The van der Waals surface area contributed by atoms with Crippen molar-refractivity contribution in [2.45, 2.75) is 55.4 Å². The van der Waals surface area contributed by atoms with Gasteiger partial charge in [0.25, 0.3) is 0 Å². The maximum absolute atomic E-state index is 5.16. The molecule has 0 unspecified atom stereocenters. The summed E-state index contributed by atoms with van der Waals surface area (Å²) in [7, 11) is 10.6. The fourth-order valence-electron chi connectivity index (χ4n) is 4.93. The summed E-state index contributed by atoms with van der Waals surface area (Å²) in [5, 5.41) is 0. The van der Waals surface area contributed by atoms with Crippen LogP contribution in [0, 0.1) is 48.5 Å². The fourth-order valence-corrected chi connectivity index (χ4v) is 4.93. The summed E-state index contributed by atoms with van der Waals surface area (Å²) in [6.07, 6.45) is 9.29. The van der Waals surface area contributed by atoms with Crippen LogP contribution in [0.1, 0.15) is 51.6 Å². The highest BCUT2D eigenvalue weighted by molar-refractivity contribution is 5.53. The third-order valence-corrected chi connectivity index (χ3v) is 8.50. The summed E-state index contributed by atoms with van der Waals surface area (Å²) in [6.45, 7) is 16.3. The molecule has 7 heteroatoms. The number of pyridine rings is 1. The molecule has 0 atom stereocenters. The predicted octanol–water partition coefficient (Wildman–Crippen LogP) is 14.1. The number of furan rings is 1. The lowest BCUT2D eigenvalue weighted by Crippen LogP contribution is -2.07. The first kappa shape index (κ1) is 53.3. The van der Waals surface area contributed by atoms with E-state index >= 15 is 0 Å². The Kier molecular flexibility index (Phi) is 27.6. The van der Waals surface area contributed by atoms with Crippen molar-refractivity contribution in [3.05, 3.63) is 209 Å². The molecule has 0 saturated carbocycles. The third kappa shape index (κ3) is 24.4. The van der Waals surface area contributed by atoms with Crippen molar-refractivity contribution < 1.29 is 23.4 Å². The largest absolute Gasteiger partial charge is 0.497 e. The zero-order valence-corrected chi connectivity index (χ0v) is 39.6. The molecule has 2 aromatic heterocycles. The van der Waals surface area contributed by atoms with Crippen molar-refractivity contribution in [3.63, 3.8) is 0 Å². The second-order valence-corrected chi connectivity index (χ2v) is 14.3. The van der Waals surface area contributed by atoms with E-state index in [1.165, 1.54) is 39.1 Å². The minimum atomic E-state index is 0.635. The van der Waals surface area contributed by atoms with Gasteiger partial charge in [-0.1, -0.05) is 119 Å². The predicted molar refractivity (Wildman–Crippen MR) is 264 cm³/mol. The van der Waals surface area contributed by atoms with E-state index in [0.29, 0.717) is 17.2 Å². The van der Waals surface area contributed by atoms with Gasteiger partial charge in [-0.05, 0) is 127 Å². The van der Waals surface area contributed by atoms with Crippen molar-refractivity contribution in [3.8, 4) is 23.0 Å². The normalized spacial score (nSPS) is 9.39. The molecule has 7 aromatic rings. The molecule has 330 valence electrons. The van der Waals surface area contributed by atoms with E-state index in [9.17, 15) is 0 Å². The van der Waals surface area contributed by atoms with E-state index in [-0.39, 0.29) is 0 Å². The molecular formula is C55H70N2O5. The van der Waals surface area contributed by atoms with Crippen LogP contribution in [0.3, 0.4) is 0 Å². The highest BCUT2D eigenvalue weighted by Gasteiger charge is 2.10. The number of rotatable bonds is 6. The van der Waals surface area contributed by atoms with Crippen LogP contribution in [0.15, 0.2) is 169 Å².